The molecule has 0 spiro atoms. The third-order valence-corrected chi connectivity index (χ3v) is 7.35. The van der Waals surface area contributed by atoms with Crippen molar-refractivity contribution in [3.63, 3.8) is 0 Å². The van der Waals surface area contributed by atoms with Crippen LogP contribution in [-0.4, -0.2) is 48.6 Å². The molecule has 3 aromatic rings. The molecule has 2 heterocycles. The zero-order valence-electron chi connectivity index (χ0n) is 17.3. The molecule has 0 atom stereocenters. The Hall–Kier alpha value is -3.05. The van der Waals surface area contributed by atoms with Crippen LogP contribution in [0.3, 0.4) is 0 Å². The Balaban J connectivity index is 1.81. The minimum atomic E-state index is -4.17. The quantitative estimate of drug-likeness (QED) is 0.564. The molecule has 0 saturated carbocycles. The Morgan fingerprint density at radius 3 is 2.34 bits per heavy atom. The Morgan fingerprint density at radius 2 is 1.72 bits per heavy atom. The van der Waals surface area contributed by atoms with Crippen LogP contribution in [0.5, 0.6) is 5.75 Å². The highest BCUT2D eigenvalue weighted by molar-refractivity contribution is 7.90. The second kappa shape index (κ2) is 9.21. The maximum Gasteiger partial charge on any atom is 0.283 e. The van der Waals surface area contributed by atoms with Gasteiger partial charge in [-0.15, -0.1) is 9.50 Å². The maximum absolute atomic E-state index is 13.2. The van der Waals surface area contributed by atoms with Crippen molar-refractivity contribution in [2.24, 2.45) is 4.40 Å². The topological polar surface area (TPSA) is 93.9 Å². The number of hydrogen-bond acceptors (Lipinski definition) is 6. The second-order valence-corrected chi connectivity index (χ2v) is 9.71. The van der Waals surface area contributed by atoms with Crippen molar-refractivity contribution in [1.82, 2.24) is 14.1 Å². The predicted molar refractivity (Wildman–Crippen MR) is 117 cm³/mol. The van der Waals surface area contributed by atoms with Gasteiger partial charge < -0.3 is 9.64 Å². The smallest absolute Gasteiger partial charge is 0.283 e. The number of hydrogen-bond donors (Lipinski definition) is 0. The largest absolute Gasteiger partial charge is 0.497 e. The first-order valence-electron chi connectivity index (χ1n) is 9.98. The number of rotatable bonds is 5. The van der Waals surface area contributed by atoms with Gasteiger partial charge in [0, 0.05) is 13.1 Å². The highest BCUT2D eigenvalue weighted by atomic mass is 32.2. The van der Waals surface area contributed by atoms with Crippen LogP contribution in [0.15, 0.2) is 57.8 Å². The summed E-state index contributed by atoms with van der Waals surface area (Å²) < 4.78 is 49.4. The lowest BCUT2D eigenvalue weighted by Gasteiger charge is -2.25. The zero-order chi connectivity index (χ0) is 22.7. The minimum absolute atomic E-state index is 0.0271. The summed E-state index contributed by atoms with van der Waals surface area (Å²) in [7, 11) is -2.62. The number of amides is 1. The molecule has 32 heavy (non-hydrogen) atoms. The zero-order valence-corrected chi connectivity index (χ0v) is 18.9. The van der Waals surface area contributed by atoms with Crippen molar-refractivity contribution in [1.29, 1.82) is 0 Å². The number of nitrogens with zero attached hydrogens (tertiary/aromatic N) is 4. The second-order valence-electron chi connectivity index (χ2n) is 7.19. The summed E-state index contributed by atoms with van der Waals surface area (Å²) in [5.74, 6) is -0.263. The van der Waals surface area contributed by atoms with Crippen molar-refractivity contribution >= 4 is 27.5 Å². The first kappa shape index (κ1) is 22.2. The molecule has 8 nitrogen and oxygen atoms in total. The van der Waals surface area contributed by atoms with E-state index in [4.69, 9.17) is 4.74 Å². The number of halogens is 1. The number of aromatic nitrogens is 2. The molecule has 2 aromatic carbocycles. The summed E-state index contributed by atoms with van der Waals surface area (Å²) in [6, 6.07) is 11.3. The highest BCUT2D eigenvalue weighted by Crippen LogP contribution is 2.18. The highest BCUT2D eigenvalue weighted by Gasteiger charge is 2.25. The molecule has 0 radical (unpaired) electrons. The van der Waals surface area contributed by atoms with Gasteiger partial charge in [0.05, 0.1) is 17.7 Å². The van der Waals surface area contributed by atoms with Gasteiger partial charge >= 0.3 is 0 Å². The molecule has 1 saturated heterocycles. The van der Waals surface area contributed by atoms with E-state index in [0.29, 0.717) is 24.5 Å². The fourth-order valence-corrected chi connectivity index (χ4v) is 5.35. The van der Waals surface area contributed by atoms with Crippen molar-refractivity contribution in [3.8, 4) is 11.4 Å². The number of carbonyl (C=O) groups excluding carboxylic acids is 1. The van der Waals surface area contributed by atoms with E-state index in [1.54, 1.807) is 36.3 Å². The molecular formula is C21H21FN4O4S2. The van der Waals surface area contributed by atoms with Crippen LogP contribution in [0, 0.1) is 5.82 Å². The first-order valence-corrected chi connectivity index (χ1v) is 12.2. The molecule has 0 aliphatic carbocycles. The summed E-state index contributed by atoms with van der Waals surface area (Å²) in [5.41, 5.74) is 0.600. The summed E-state index contributed by atoms with van der Waals surface area (Å²) in [4.78, 5) is 14.7. The average Bonchev–Trinajstić information content (AvgIpc) is 3.22. The van der Waals surface area contributed by atoms with Gasteiger partial charge in [0.15, 0.2) is 10.4 Å². The van der Waals surface area contributed by atoms with Crippen LogP contribution in [-0.2, 0) is 10.0 Å². The number of carbonyl (C=O) groups is 1. The number of piperidine rings is 1. The molecular weight excluding hydrogens is 455 g/mol. The van der Waals surface area contributed by atoms with Crippen molar-refractivity contribution in [2.45, 2.75) is 24.2 Å². The molecule has 1 aromatic heterocycles. The van der Waals surface area contributed by atoms with Gasteiger partial charge in [0.1, 0.15) is 11.6 Å². The summed E-state index contributed by atoms with van der Waals surface area (Å²) in [5, 5.41) is 4.39. The van der Waals surface area contributed by atoms with Crippen LogP contribution in [0.1, 0.15) is 29.8 Å². The van der Waals surface area contributed by atoms with Gasteiger partial charge in [-0.05, 0) is 79.3 Å². The predicted octanol–water partition coefficient (Wildman–Crippen LogP) is 3.00. The van der Waals surface area contributed by atoms with Crippen LogP contribution >= 0.6 is 11.5 Å². The Morgan fingerprint density at radius 1 is 1.06 bits per heavy atom. The first-order chi connectivity index (χ1) is 15.4. The third-order valence-electron chi connectivity index (χ3n) is 5.02. The van der Waals surface area contributed by atoms with Gasteiger partial charge in [0.2, 0.25) is 0 Å². The number of ether oxygens (including phenoxy) is 1. The Kier molecular flexibility index (Phi) is 6.38. The summed E-state index contributed by atoms with van der Waals surface area (Å²) in [6.07, 6.45) is 2.81. The molecule has 1 aliphatic heterocycles. The summed E-state index contributed by atoms with van der Waals surface area (Å²) >= 11 is 0.940. The normalized spacial score (nSPS) is 15.1. The summed E-state index contributed by atoms with van der Waals surface area (Å²) in [6.45, 7) is 1.17. The molecule has 168 valence electrons. The number of sulfonamides is 1. The molecule has 11 heteroatoms. The number of benzene rings is 2. The monoisotopic (exact) mass is 476 g/mol. The Labute approximate surface area is 188 Å². The van der Waals surface area contributed by atoms with E-state index in [9.17, 15) is 17.6 Å². The van der Waals surface area contributed by atoms with Gasteiger partial charge in [0.25, 0.3) is 15.9 Å². The van der Waals surface area contributed by atoms with Gasteiger partial charge in [-0.25, -0.2) is 4.39 Å². The Bertz CT molecular complexity index is 1280. The van der Waals surface area contributed by atoms with E-state index in [0.717, 1.165) is 55.1 Å². The average molecular weight is 477 g/mol. The van der Waals surface area contributed by atoms with Gasteiger partial charge in [-0.2, -0.15) is 12.5 Å². The molecule has 0 bridgehead atoms. The van der Waals surface area contributed by atoms with Crippen molar-refractivity contribution in [2.75, 3.05) is 20.2 Å². The fraction of sp³-hybridized carbons (Fsp3) is 0.286. The van der Waals surface area contributed by atoms with E-state index < -0.39 is 15.8 Å². The minimum Gasteiger partial charge on any atom is -0.497 e. The van der Waals surface area contributed by atoms with Crippen molar-refractivity contribution < 1.29 is 22.3 Å². The lowest BCUT2D eigenvalue weighted by Crippen LogP contribution is -2.38. The van der Waals surface area contributed by atoms with Gasteiger partial charge in [-0.3, -0.25) is 4.79 Å². The van der Waals surface area contributed by atoms with E-state index in [1.807, 2.05) is 0 Å². The number of methoxy groups -OCH3 is 1. The van der Waals surface area contributed by atoms with Crippen molar-refractivity contribution in [3.05, 3.63) is 64.7 Å². The maximum atomic E-state index is 13.2. The SMILES string of the molecule is COc1ccc(-n2nc(C(=O)N3CCCCC3)/c(=N\S(=O)(=O)c3ccc(F)cc3)s2)cc1. The van der Waals surface area contributed by atoms with Crippen LogP contribution in [0.2, 0.25) is 0 Å². The van der Waals surface area contributed by atoms with Crippen LogP contribution in [0.4, 0.5) is 4.39 Å². The van der Waals surface area contributed by atoms with Crippen LogP contribution < -0.4 is 9.41 Å². The molecule has 4 rings (SSSR count). The fourth-order valence-electron chi connectivity index (χ4n) is 3.31. The van der Waals surface area contributed by atoms with E-state index in [2.05, 4.69) is 9.50 Å². The van der Waals surface area contributed by atoms with Gasteiger partial charge in [-0.1, -0.05) is 0 Å². The van der Waals surface area contributed by atoms with E-state index >= 15 is 0 Å². The molecule has 1 fully saturated rings. The van der Waals surface area contributed by atoms with E-state index in [-0.39, 0.29) is 21.2 Å². The molecule has 1 amide bonds. The lowest BCUT2D eigenvalue weighted by atomic mass is 10.1. The lowest BCUT2D eigenvalue weighted by molar-refractivity contribution is 0.0716. The molecule has 1 aliphatic rings. The van der Waals surface area contributed by atoms with E-state index in [1.165, 1.54) is 4.07 Å². The van der Waals surface area contributed by atoms with Crippen LogP contribution in [0.25, 0.3) is 5.69 Å². The third kappa shape index (κ3) is 4.73. The molecule has 0 unspecified atom stereocenters. The standard InChI is InChI=1S/C21H21FN4O4S2/c1-30-17-9-7-16(8-10-17)26-23-19(21(27)25-13-3-2-4-14-25)20(31-26)24-32(28,29)18-11-5-15(22)6-12-18/h5-12H,2-4,13-14H2,1H3/b24-20+. The molecule has 0 N–H and O–H groups in total. The number of likely N-dealkylation sites (tertiary alicyclic amines) is 1.